The Morgan fingerprint density at radius 2 is 1.57 bits per heavy atom. The summed E-state index contributed by atoms with van der Waals surface area (Å²) in [4.78, 5) is 12.2. The summed E-state index contributed by atoms with van der Waals surface area (Å²) in [5, 5.41) is 0. The van der Waals surface area contributed by atoms with Crippen LogP contribution in [0.5, 0.6) is 5.75 Å². The minimum Gasteiger partial charge on any atom is -0.423 e. The fourth-order valence-electron chi connectivity index (χ4n) is 2.71. The van der Waals surface area contributed by atoms with E-state index in [4.69, 9.17) is 4.74 Å². The highest BCUT2D eigenvalue weighted by Crippen LogP contribution is 2.26. The van der Waals surface area contributed by atoms with Crippen LogP contribution in [0.25, 0.3) is 0 Å². The third-order valence-corrected chi connectivity index (χ3v) is 6.48. The molecule has 0 heterocycles. The zero-order valence-electron chi connectivity index (χ0n) is 16.5. The molecular weight excluding hydrogens is 412 g/mol. The van der Waals surface area contributed by atoms with Crippen molar-refractivity contribution in [3.8, 4) is 5.75 Å². The highest BCUT2D eigenvalue weighted by molar-refractivity contribution is 7.92. The van der Waals surface area contributed by atoms with E-state index in [2.05, 4.69) is 0 Å². The average molecular weight is 431 g/mol. The summed E-state index contributed by atoms with van der Waals surface area (Å²) in [6, 6.07) is 13.1. The summed E-state index contributed by atoms with van der Waals surface area (Å²) in [7, 11) is -2.36. The van der Waals surface area contributed by atoms with Crippen LogP contribution >= 0.6 is 0 Å². The molecule has 0 fully saturated rings. The molecule has 3 aromatic carbocycles. The van der Waals surface area contributed by atoms with E-state index in [1.807, 2.05) is 13.8 Å². The number of sulfonamides is 1. The number of benzene rings is 3. The number of nitrogens with zero attached hydrogens (tertiary/aromatic N) is 1. The fraction of sp³-hybridized carbons (Fsp3) is 0.136. The molecule has 0 amide bonds. The van der Waals surface area contributed by atoms with Crippen LogP contribution in [0.3, 0.4) is 0 Å². The smallest absolute Gasteiger partial charge is 0.346 e. The zero-order chi connectivity index (χ0) is 22.1. The maximum Gasteiger partial charge on any atom is 0.346 e. The molecule has 0 aliphatic carbocycles. The molecule has 3 aromatic rings. The second-order valence-corrected chi connectivity index (χ2v) is 8.70. The topological polar surface area (TPSA) is 63.7 Å². The molecule has 3 rings (SSSR count). The largest absolute Gasteiger partial charge is 0.423 e. The lowest BCUT2D eigenvalue weighted by molar-refractivity contribution is 0.0730. The molecule has 0 spiro atoms. The molecule has 0 atom stereocenters. The van der Waals surface area contributed by atoms with Gasteiger partial charge < -0.3 is 4.74 Å². The zero-order valence-corrected chi connectivity index (χ0v) is 17.3. The lowest BCUT2D eigenvalue weighted by Gasteiger charge is -2.20. The lowest BCUT2D eigenvalue weighted by atomic mass is 10.1. The van der Waals surface area contributed by atoms with E-state index in [1.54, 1.807) is 18.2 Å². The van der Waals surface area contributed by atoms with Gasteiger partial charge in [0.15, 0.2) is 0 Å². The first-order valence-corrected chi connectivity index (χ1v) is 10.4. The molecule has 0 saturated carbocycles. The number of hydrogen-bond donors (Lipinski definition) is 0. The van der Waals surface area contributed by atoms with Gasteiger partial charge in [0.1, 0.15) is 17.4 Å². The van der Waals surface area contributed by atoms with Gasteiger partial charge >= 0.3 is 5.97 Å². The molecule has 0 N–H and O–H groups in total. The summed E-state index contributed by atoms with van der Waals surface area (Å²) in [5.74, 6) is -2.74. The number of halogens is 2. The van der Waals surface area contributed by atoms with E-state index in [1.165, 1.54) is 31.3 Å². The maximum atomic E-state index is 13.7. The van der Waals surface area contributed by atoms with Gasteiger partial charge in [-0.05, 0) is 73.5 Å². The van der Waals surface area contributed by atoms with Crippen LogP contribution in [0, 0.1) is 25.5 Å². The second kappa shape index (κ2) is 8.23. The number of aryl methyl sites for hydroxylation is 2. The van der Waals surface area contributed by atoms with Crippen molar-refractivity contribution in [1.29, 1.82) is 0 Å². The molecule has 0 unspecified atom stereocenters. The Labute approximate surface area is 173 Å². The number of hydrogen-bond acceptors (Lipinski definition) is 4. The van der Waals surface area contributed by atoms with E-state index in [0.717, 1.165) is 27.6 Å². The molecule has 0 radical (unpaired) electrons. The number of anilines is 1. The van der Waals surface area contributed by atoms with Gasteiger partial charge in [0.2, 0.25) is 0 Å². The van der Waals surface area contributed by atoms with Crippen LogP contribution in [-0.4, -0.2) is 21.4 Å². The number of rotatable bonds is 5. The standard InChI is InChI=1S/C22H19F2NO4S/c1-14-4-10-19(12-15(14)2)30(27,28)25(3)17-6-8-18(9-7-17)29-22(26)20-11-5-16(23)13-21(20)24/h4-13H,1-3H3. The van der Waals surface area contributed by atoms with Crippen molar-refractivity contribution in [2.24, 2.45) is 0 Å². The molecule has 0 aromatic heterocycles. The normalized spacial score (nSPS) is 11.2. The summed E-state index contributed by atoms with van der Waals surface area (Å²) >= 11 is 0. The van der Waals surface area contributed by atoms with Crippen molar-refractivity contribution in [3.63, 3.8) is 0 Å². The van der Waals surface area contributed by atoms with E-state index < -0.39 is 33.2 Å². The average Bonchev–Trinajstić information content (AvgIpc) is 2.69. The van der Waals surface area contributed by atoms with Crippen LogP contribution in [-0.2, 0) is 10.0 Å². The van der Waals surface area contributed by atoms with Crippen molar-refractivity contribution in [2.45, 2.75) is 18.7 Å². The number of ether oxygens (including phenoxy) is 1. The second-order valence-electron chi connectivity index (χ2n) is 6.73. The van der Waals surface area contributed by atoms with E-state index in [0.29, 0.717) is 11.8 Å². The summed E-state index contributed by atoms with van der Waals surface area (Å²) in [6.45, 7) is 3.73. The molecular formula is C22H19F2NO4S. The Morgan fingerprint density at radius 3 is 2.17 bits per heavy atom. The lowest BCUT2D eigenvalue weighted by Crippen LogP contribution is -2.26. The van der Waals surface area contributed by atoms with Gasteiger partial charge in [0.05, 0.1) is 16.1 Å². The predicted octanol–water partition coefficient (Wildman–Crippen LogP) is 4.63. The van der Waals surface area contributed by atoms with Crippen molar-refractivity contribution in [3.05, 3.63) is 89.0 Å². The number of esters is 1. The van der Waals surface area contributed by atoms with Crippen molar-refractivity contribution < 1.29 is 26.7 Å². The van der Waals surface area contributed by atoms with Crippen LogP contribution in [0.4, 0.5) is 14.5 Å². The molecule has 0 aliphatic heterocycles. The summed E-state index contributed by atoms with van der Waals surface area (Å²) < 4.78 is 58.6. The van der Waals surface area contributed by atoms with Gasteiger partial charge in [0.25, 0.3) is 10.0 Å². The Bertz CT molecular complexity index is 1210. The van der Waals surface area contributed by atoms with Gasteiger partial charge in [-0.3, -0.25) is 4.31 Å². The van der Waals surface area contributed by atoms with E-state index in [9.17, 15) is 22.0 Å². The van der Waals surface area contributed by atoms with Crippen molar-refractivity contribution in [1.82, 2.24) is 0 Å². The van der Waals surface area contributed by atoms with Crippen LogP contribution in [0.1, 0.15) is 21.5 Å². The van der Waals surface area contributed by atoms with Crippen LogP contribution < -0.4 is 9.04 Å². The highest BCUT2D eigenvalue weighted by atomic mass is 32.2. The molecule has 0 saturated heterocycles. The number of carbonyl (C=O) groups is 1. The van der Waals surface area contributed by atoms with Crippen LogP contribution in [0.2, 0.25) is 0 Å². The minimum absolute atomic E-state index is 0.0875. The van der Waals surface area contributed by atoms with Gasteiger partial charge in [-0.2, -0.15) is 0 Å². The summed E-state index contributed by atoms with van der Waals surface area (Å²) in [5.41, 5.74) is 1.79. The van der Waals surface area contributed by atoms with Gasteiger partial charge in [0, 0.05) is 13.1 Å². The molecule has 5 nitrogen and oxygen atoms in total. The molecule has 156 valence electrons. The van der Waals surface area contributed by atoms with Crippen molar-refractivity contribution in [2.75, 3.05) is 11.4 Å². The van der Waals surface area contributed by atoms with E-state index >= 15 is 0 Å². The molecule has 8 heteroatoms. The van der Waals surface area contributed by atoms with Crippen molar-refractivity contribution >= 4 is 21.7 Å². The van der Waals surface area contributed by atoms with Gasteiger partial charge in [-0.25, -0.2) is 22.0 Å². The van der Waals surface area contributed by atoms with Crippen LogP contribution in [0.15, 0.2) is 65.6 Å². The van der Waals surface area contributed by atoms with Gasteiger partial charge in [-0.15, -0.1) is 0 Å². The summed E-state index contributed by atoms with van der Waals surface area (Å²) in [6.07, 6.45) is 0. The molecule has 0 aliphatic rings. The SMILES string of the molecule is Cc1ccc(S(=O)(=O)N(C)c2ccc(OC(=O)c3ccc(F)cc3F)cc2)cc1C. The third kappa shape index (κ3) is 4.33. The third-order valence-electron chi connectivity index (χ3n) is 4.70. The fourth-order valence-corrected chi connectivity index (χ4v) is 3.99. The first kappa shape index (κ1) is 21.4. The maximum absolute atomic E-state index is 13.7. The Kier molecular flexibility index (Phi) is 5.89. The Morgan fingerprint density at radius 1 is 0.900 bits per heavy atom. The minimum atomic E-state index is -3.78. The first-order chi connectivity index (χ1) is 14.1. The first-order valence-electron chi connectivity index (χ1n) is 8.93. The Hall–Kier alpha value is -3.26. The monoisotopic (exact) mass is 431 g/mol. The van der Waals surface area contributed by atoms with Gasteiger partial charge in [-0.1, -0.05) is 6.07 Å². The molecule has 30 heavy (non-hydrogen) atoms. The molecule has 0 bridgehead atoms. The quantitative estimate of drug-likeness (QED) is 0.437. The number of carbonyl (C=O) groups excluding carboxylic acids is 1. The predicted molar refractivity (Wildman–Crippen MR) is 109 cm³/mol. The highest BCUT2D eigenvalue weighted by Gasteiger charge is 2.22. The van der Waals surface area contributed by atoms with E-state index in [-0.39, 0.29) is 10.6 Å². The Balaban J connectivity index is 1.79.